The Bertz CT molecular complexity index is 626. The number of carbonyl (C=O) groups is 1. The molecule has 2 rings (SSSR count). The molecule has 0 saturated carbocycles. The fourth-order valence-electron chi connectivity index (χ4n) is 1.89. The lowest BCUT2D eigenvalue weighted by molar-refractivity contribution is -0.274. The summed E-state index contributed by atoms with van der Waals surface area (Å²) in [5.41, 5.74) is 1.19. The molecule has 2 aromatic rings. The van der Waals surface area contributed by atoms with Gasteiger partial charge in [-0.3, -0.25) is 4.79 Å². The van der Waals surface area contributed by atoms with Gasteiger partial charge in [-0.05, 0) is 46.7 Å². The quantitative estimate of drug-likeness (QED) is 0.867. The van der Waals surface area contributed by atoms with Crippen molar-refractivity contribution in [2.45, 2.75) is 12.5 Å². The first-order chi connectivity index (χ1) is 10.9. The smallest absolute Gasteiger partial charge is 0.406 e. The minimum Gasteiger partial charge on any atom is -0.406 e. The van der Waals surface area contributed by atoms with Gasteiger partial charge >= 0.3 is 6.36 Å². The summed E-state index contributed by atoms with van der Waals surface area (Å²) < 4.78 is 45.3. The Morgan fingerprint density at radius 1 is 1.26 bits per heavy atom. The van der Waals surface area contributed by atoms with Crippen LogP contribution >= 0.6 is 11.3 Å². The summed E-state index contributed by atoms with van der Waals surface area (Å²) in [6, 6.07) is 6.62. The van der Waals surface area contributed by atoms with Crippen molar-refractivity contribution in [3.8, 4) is 5.75 Å². The third-order valence-corrected chi connectivity index (χ3v) is 3.70. The van der Waals surface area contributed by atoms with Gasteiger partial charge in [-0.1, -0.05) is 0 Å². The lowest BCUT2D eigenvalue weighted by atomic mass is 10.1. The summed E-state index contributed by atoms with van der Waals surface area (Å²) in [7, 11) is 1.54. The van der Waals surface area contributed by atoms with Crippen LogP contribution in [-0.4, -0.2) is 25.9 Å². The molecule has 4 nitrogen and oxygen atoms in total. The topological polar surface area (TPSA) is 47.6 Å². The number of carbonyl (C=O) groups excluding carboxylic acids is 1. The summed E-state index contributed by atoms with van der Waals surface area (Å²) in [6.07, 6.45) is -5.03. The first-order valence-corrected chi connectivity index (χ1v) is 7.52. The van der Waals surface area contributed by atoms with E-state index in [1.165, 1.54) is 30.6 Å². The zero-order chi connectivity index (χ0) is 16.9. The minimum absolute atomic E-state index is 0.236. The monoisotopic (exact) mass is 345 g/mol. The van der Waals surface area contributed by atoms with Gasteiger partial charge in [0.15, 0.2) is 0 Å². The summed E-state index contributed by atoms with van der Waals surface area (Å²) in [5.74, 6) is -0.775. The van der Waals surface area contributed by atoms with Gasteiger partial charge in [0.1, 0.15) is 11.9 Å². The van der Waals surface area contributed by atoms with Crippen LogP contribution in [0.4, 0.5) is 13.2 Å². The zero-order valence-electron chi connectivity index (χ0n) is 12.1. The highest BCUT2D eigenvalue weighted by molar-refractivity contribution is 7.07. The Hall–Kier alpha value is -2.06. The van der Waals surface area contributed by atoms with Crippen molar-refractivity contribution in [3.05, 3.63) is 52.2 Å². The summed E-state index contributed by atoms with van der Waals surface area (Å²) >= 11 is 1.52. The molecule has 0 bridgehead atoms. The predicted molar refractivity (Wildman–Crippen MR) is 79.5 cm³/mol. The number of alkyl halides is 3. The van der Waals surface area contributed by atoms with Gasteiger partial charge in [-0.15, -0.1) is 13.2 Å². The molecule has 124 valence electrons. The number of methoxy groups -OCH3 is 1. The zero-order valence-corrected chi connectivity index (χ0v) is 12.9. The van der Waals surface area contributed by atoms with E-state index >= 15 is 0 Å². The van der Waals surface area contributed by atoms with Gasteiger partial charge in [0.2, 0.25) is 0 Å². The van der Waals surface area contributed by atoms with E-state index in [1.54, 1.807) is 0 Å². The molecule has 0 saturated heterocycles. The number of halogens is 3. The highest BCUT2D eigenvalue weighted by Crippen LogP contribution is 2.23. The molecular weight excluding hydrogens is 331 g/mol. The van der Waals surface area contributed by atoms with Crippen molar-refractivity contribution in [1.29, 1.82) is 0 Å². The molecule has 1 atom stereocenters. The second kappa shape index (κ2) is 7.47. The van der Waals surface area contributed by atoms with Gasteiger partial charge in [0.25, 0.3) is 5.91 Å². The number of hydrogen-bond acceptors (Lipinski definition) is 4. The fourth-order valence-corrected chi connectivity index (χ4v) is 2.59. The molecule has 1 heterocycles. The number of benzene rings is 1. The van der Waals surface area contributed by atoms with Crippen molar-refractivity contribution < 1.29 is 27.4 Å². The van der Waals surface area contributed by atoms with Gasteiger partial charge < -0.3 is 14.8 Å². The Morgan fingerprint density at radius 3 is 2.48 bits per heavy atom. The summed E-state index contributed by atoms with van der Waals surface area (Å²) in [4.78, 5) is 12.0. The molecule has 0 aliphatic heterocycles. The molecule has 0 radical (unpaired) electrons. The van der Waals surface area contributed by atoms with Gasteiger partial charge in [0.05, 0.1) is 0 Å². The van der Waals surface area contributed by atoms with Crippen LogP contribution in [-0.2, 0) is 4.74 Å². The summed E-state index contributed by atoms with van der Waals surface area (Å²) in [6.45, 7) is 0.257. The normalized spacial score (nSPS) is 12.7. The van der Waals surface area contributed by atoms with E-state index < -0.39 is 12.3 Å². The van der Waals surface area contributed by atoms with Gasteiger partial charge in [0, 0.05) is 19.2 Å². The Morgan fingerprint density at radius 2 is 1.96 bits per heavy atom. The van der Waals surface area contributed by atoms with Crippen molar-refractivity contribution in [3.63, 3.8) is 0 Å². The molecule has 1 aromatic carbocycles. The van der Waals surface area contributed by atoms with Crippen LogP contribution in [0.1, 0.15) is 22.0 Å². The average Bonchev–Trinajstić information content (AvgIpc) is 3.01. The lowest BCUT2D eigenvalue weighted by Gasteiger charge is -2.15. The molecule has 0 aliphatic rings. The standard InChI is InChI=1S/C15H14F3NO3S/c1-21-13(11-6-7-23-9-11)8-19-14(20)10-2-4-12(5-3-10)22-15(16,17)18/h2-7,9,13H,8H2,1H3,(H,19,20). The maximum Gasteiger partial charge on any atom is 0.573 e. The van der Waals surface area contributed by atoms with Crippen LogP contribution in [0.5, 0.6) is 5.75 Å². The van der Waals surface area contributed by atoms with Crippen LogP contribution in [0.2, 0.25) is 0 Å². The average molecular weight is 345 g/mol. The van der Waals surface area contributed by atoms with Gasteiger partial charge in [-0.2, -0.15) is 11.3 Å². The number of nitrogens with one attached hydrogen (secondary N) is 1. The Labute approximate surface area is 134 Å². The van der Waals surface area contributed by atoms with Crippen molar-refractivity contribution >= 4 is 17.2 Å². The number of hydrogen-bond donors (Lipinski definition) is 1. The highest BCUT2D eigenvalue weighted by Gasteiger charge is 2.31. The van der Waals surface area contributed by atoms with E-state index in [0.29, 0.717) is 0 Å². The largest absolute Gasteiger partial charge is 0.573 e. The maximum absolute atomic E-state index is 12.1. The molecule has 0 aliphatic carbocycles. The third kappa shape index (κ3) is 5.26. The van der Waals surface area contributed by atoms with E-state index in [1.807, 2.05) is 16.8 Å². The van der Waals surface area contributed by atoms with E-state index in [9.17, 15) is 18.0 Å². The number of thiophene rings is 1. The molecule has 0 fully saturated rings. The fraction of sp³-hybridized carbons (Fsp3) is 0.267. The molecule has 0 spiro atoms. The van der Waals surface area contributed by atoms with Crippen molar-refractivity contribution in [1.82, 2.24) is 5.32 Å². The Kier molecular flexibility index (Phi) is 5.62. The Balaban J connectivity index is 1.93. The lowest BCUT2D eigenvalue weighted by Crippen LogP contribution is -2.29. The van der Waals surface area contributed by atoms with Crippen LogP contribution in [0.3, 0.4) is 0 Å². The van der Waals surface area contributed by atoms with Crippen LogP contribution in [0, 0.1) is 0 Å². The molecule has 1 amide bonds. The molecule has 1 aromatic heterocycles. The second-order valence-electron chi connectivity index (χ2n) is 4.56. The van der Waals surface area contributed by atoms with E-state index in [4.69, 9.17) is 4.74 Å². The predicted octanol–water partition coefficient (Wildman–Crippen LogP) is 3.76. The molecular formula is C15H14F3NO3S. The highest BCUT2D eigenvalue weighted by atomic mass is 32.1. The van der Waals surface area contributed by atoms with E-state index in [2.05, 4.69) is 10.1 Å². The summed E-state index contributed by atoms with van der Waals surface area (Å²) in [5, 5.41) is 6.51. The van der Waals surface area contributed by atoms with Crippen LogP contribution < -0.4 is 10.1 Å². The molecule has 1 unspecified atom stereocenters. The molecule has 8 heteroatoms. The number of ether oxygens (including phenoxy) is 2. The van der Waals surface area contributed by atoms with Crippen LogP contribution in [0.15, 0.2) is 41.1 Å². The number of amides is 1. The van der Waals surface area contributed by atoms with E-state index in [0.717, 1.165) is 17.7 Å². The minimum atomic E-state index is -4.75. The first kappa shape index (κ1) is 17.3. The van der Waals surface area contributed by atoms with E-state index in [-0.39, 0.29) is 24.0 Å². The van der Waals surface area contributed by atoms with Crippen molar-refractivity contribution in [2.75, 3.05) is 13.7 Å². The molecule has 23 heavy (non-hydrogen) atoms. The third-order valence-electron chi connectivity index (χ3n) is 3.00. The number of rotatable bonds is 6. The maximum atomic E-state index is 12.1. The molecule has 1 N–H and O–H groups in total. The van der Waals surface area contributed by atoms with Crippen molar-refractivity contribution in [2.24, 2.45) is 0 Å². The second-order valence-corrected chi connectivity index (χ2v) is 5.34. The van der Waals surface area contributed by atoms with Gasteiger partial charge in [-0.25, -0.2) is 0 Å². The SMILES string of the molecule is COC(CNC(=O)c1ccc(OC(F)(F)F)cc1)c1ccsc1. The first-order valence-electron chi connectivity index (χ1n) is 6.58. The van der Waals surface area contributed by atoms with Crippen LogP contribution in [0.25, 0.3) is 0 Å².